The zero-order chi connectivity index (χ0) is 21.1. The zero-order valence-corrected chi connectivity index (χ0v) is 16.8. The van der Waals surface area contributed by atoms with Crippen molar-refractivity contribution < 1.29 is 23.5 Å². The molecule has 6 nitrogen and oxygen atoms in total. The highest BCUT2D eigenvalue weighted by molar-refractivity contribution is 5.87. The van der Waals surface area contributed by atoms with E-state index in [0.717, 1.165) is 5.56 Å². The van der Waals surface area contributed by atoms with Crippen molar-refractivity contribution >= 4 is 11.8 Å². The summed E-state index contributed by atoms with van der Waals surface area (Å²) in [6, 6.07) is 14.1. The lowest BCUT2D eigenvalue weighted by atomic mass is 10.1. The smallest absolute Gasteiger partial charge is 0.261 e. The van der Waals surface area contributed by atoms with E-state index >= 15 is 0 Å². The Morgan fingerprint density at radius 1 is 1.10 bits per heavy atom. The van der Waals surface area contributed by atoms with E-state index in [0.29, 0.717) is 25.3 Å². The number of methoxy groups -OCH3 is 1. The number of hydrogen-bond donors (Lipinski definition) is 1. The van der Waals surface area contributed by atoms with Crippen LogP contribution < -0.4 is 10.1 Å². The summed E-state index contributed by atoms with van der Waals surface area (Å²) in [5.74, 6) is -0.392. The van der Waals surface area contributed by atoms with E-state index in [9.17, 15) is 14.0 Å². The predicted molar refractivity (Wildman–Crippen MR) is 108 cm³/mol. The molecular formula is C22H27FN2O4. The number of nitrogens with zero attached hydrogens (tertiary/aromatic N) is 1. The van der Waals surface area contributed by atoms with Crippen LogP contribution in [0.1, 0.15) is 18.9 Å². The fraction of sp³-hybridized carbons (Fsp3) is 0.364. The minimum atomic E-state index is -0.713. The summed E-state index contributed by atoms with van der Waals surface area (Å²) < 4.78 is 23.7. The number of carbonyl (C=O) groups excluding carboxylic acids is 2. The number of amides is 2. The Kier molecular flexibility index (Phi) is 9.11. The number of para-hydroxylation sites is 1. The molecule has 156 valence electrons. The van der Waals surface area contributed by atoms with Gasteiger partial charge in [0.25, 0.3) is 5.91 Å². The van der Waals surface area contributed by atoms with Crippen LogP contribution in [0.5, 0.6) is 5.75 Å². The van der Waals surface area contributed by atoms with E-state index in [-0.39, 0.29) is 30.8 Å². The van der Waals surface area contributed by atoms with Crippen molar-refractivity contribution in [3.63, 3.8) is 0 Å². The molecule has 0 radical (unpaired) electrons. The van der Waals surface area contributed by atoms with E-state index in [4.69, 9.17) is 9.47 Å². The number of hydrogen-bond acceptors (Lipinski definition) is 4. The maximum absolute atomic E-state index is 13.2. The minimum Gasteiger partial charge on any atom is -0.484 e. The van der Waals surface area contributed by atoms with Gasteiger partial charge >= 0.3 is 0 Å². The summed E-state index contributed by atoms with van der Waals surface area (Å²) in [6.45, 7) is 2.62. The predicted octanol–water partition coefficient (Wildman–Crippen LogP) is 2.77. The van der Waals surface area contributed by atoms with Gasteiger partial charge in [-0.1, -0.05) is 30.3 Å². The van der Waals surface area contributed by atoms with Crippen LogP contribution in [0.15, 0.2) is 54.6 Å². The highest BCUT2D eigenvalue weighted by Gasteiger charge is 2.26. The average Bonchev–Trinajstić information content (AvgIpc) is 2.74. The summed E-state index contributed by atoms with van der Waals surface area (Å²) in [7, 11) is 1.60. The van der Waals surface area contributed by atoms with Crippen LogP contribution in [0, 0.1) is 5.82 Å². The first-order chi connectivity index (χ1) is 14.0. The third-order valence-corrected chi connectivity index (χ3v) is 4.36. The fourth-order valence-corrected chi connectivity index (χ4v) is 2.69. The minimum absolute atomic E-state index is 0.171. The Balaban J connectivity index is 2.05. The van der Waals surface area contributed by atoms with Gasteiger partial charge in [-0.2, -0.15) is 0 Å². The lowest BCUT2D eigenvalue weighted by Crippen LogP contribution is -2.49. The van der Waals surface area contributed by atoms with Crippen molar-refractivity contribution in [2.45, 2.75) is 25.9 Å². The Morgan fingerprint density at radius 3 is 2.45 bits per heavy atom. The Bertz CT molecular complexity index is 768. The monoisotopic (exact) mass is 402 g/mol. The third-order valence-electron chi connectivity index (χ3n) is 4.36. The molecule has 0 aliphatic carbocycles. The molecule has 0 bridgehead atoms. The van der Waals surface area contributed by atoms with Crippen LogP contribution >= 0.6 is 0 Å². The molecule has 0 heterocycles. The van der Waals surface area contributed by atoms with Gasteiger partial charge in [0, 0.05) is 26.8 Å². The zero-order valence-electron chi connectivity index (χ0n) is 16.8. The normalized spacial score (nSPS) is 11.6. The van der Waals surface area contributed by atoms with E-state index in [1.165, 1.54) is 17.0 Å². The highest BCUT2D eigenvalue weighted by atomic mass is 19.1. The first-order valence-corrected chi connectivity index (χ1v) is 9.49. The van der Waals surface area contributed by atoms with Crippen LogP contribution in [-0.4, -0.2) is 49.6 Å². The largest absolute Gasteiger partial charge is 0.484 e. The van der Waals surface area contributed by atoms with Crippen LogP contribution in [0.2, 0.25) is 0 Å². The van der Waals surface area contributed by atoms with Gasteiger partial charge in [-0.3, -0.25) is 9.59 Å². The Labute approximate surface area is 170 Å². The van der Waals surface area contributed by atoms with Gasteiger partial charge in [0.1, 0.15) is 17.6 Å². The summed E-state index contributed by atoms with van der Waals surface area (Å²) >= 11 is 0. The number of nitrogens with one attached hydrogen (secondary N) is 1. The second kappa shape index (κ2) is 11.8. The molecule has 0 unspecified atom stereocenters. The average molecular weight is 402 g/mol. The molecule has 0 aliphatic rings. The van der Waals surface area contributed by atoms with Crippen molar-refractivity contribution in [3.05, 3.63) is 66.0 Å². The quantitative estimate of drug-likeness (QED) is 0.587. The molecule has 2 rings (SSSR count). The van der Waals surface area contributed by atoms with Crippen LogP contribution in [0.3, 0.4) is 0 Å². The molecule has 2 aromatic rings. The van der Waals surface area contributed by atoms with E-state index in [2.05, 4.69) is 5.32 Å². The molecule has 1 atom stereocenters. The SMILES string of the molecule is COCCCNC(=O)[C@H](C)N(Cc1ccc(F)cc1)C(=O)COc1ccccc1. The molecule has 0 spiro atoms. The number of carbonyl (C=O) groups is 2. The lowest BCUT2D eigenvalue weighted by Gasteiger charge is -2.28. The standard InChI is InChI=1S/C22H27FN2O4/c1-17(22(27)24-13-6-14-28-2)25(15-18-9-11-19(23)12-10-18)21(26)16-29-20-7-4-3-5-8-20/h3-5,7-12,17H,6,13-16H2,1-2H3,(H,24,27)/t17-/m0/s1. The summed E-state index contributed by atoms with van der Waals surface area (Å²) in [4.78, 5) is 26.8. The van der Waals surface area contributed by atoms with E-state index in [1.54, 1.807) is 38.3 Å². The summed E-state index contributed by atoms with van der Waals surface area (Å²) in [5, 5.41) is 2.81. The lowest BCUT2D eigenvalue weighted by molar-refractivity contribution is -0.142. The van der Waals surface area contributed by atoms with Gasteiger partial charge < -0.3 is 19.7 Å². The van der Waals surface area contributed by atoms with Gasteiger partial charge in [0.15, 0.2) is 6.61 Å². The molecular weight excluding hydrogens is 375 g/mol. The first-order valence-electron chi connectivity index (χ1n) is 9.49. The molecule has 0 saturated heterocycles. The number of halogens is 1. The number of rotatable bonds is 11. The summed E-state index contributed by atoms with van der Waals surface area (Å²) in [6.07, 6.45) is 0.679. The van der Waals surface area contributed by atoms with Crippen molar-refractivity contribution in [1.29, 1.82) is 0 Å². The van der Waals surface area contributed by atoms with Crippen molar-refractivity contribution in [3.8, 4) is 5.75 Å². The van der Waals surface area contributed by atoms with Gasteiger partial charge in [0.2, 0.25) is 5.91 Å². The molecule has 0 aromatic heterocycles. The van der Waals surface area contributed by atoms with E-state index < -0.39 is 6.04 Å². The van der Waals surface area contributed by atoms with Crippen LogP contribution in [0.4, 0.5) is 4.39 Å². The van der Waals surface area contributed by atoms with E-state index in [1.807, 2.05) is 18.2 Å². The third kappa shape index (κ3) is 7.54. The van der Waals surface area contributed by atoms with Gasteiger partial charge in [-0.05, 0) is 43.2 Å². The highest BCUT2D eigenvalue weighted by Crippen LogP contribution is 2.13. The maximum atomic E-state index is 13.2. The van der Waals surface area contributed by atoms with Crippen molar-refractivity contribution in [1.82, 2.24) is 10.2 Å². The van der Waals surface area contributed by atoms with Gasteiger partial charge in [-0.15, -0.1) is 0 Å². The summed E-state index contributed by atoms with van der Waals surface area (Å²) in [5.41, 5.74) is 0.721. The maximum Gasteiger partial charge on any atom is 0.261 e. The van der Waals surface area contributed by atoms with Gasteiger partial charge in [0.05, 0.1) is 0 Å². The fourth-order valence-electron chi connectivity index (χ4n) is 2.69. The molecule has 2 aromatic carbocycles. The Hall–Kier alpha value is -2.93. The number of benzene rings is 2. The first kappa shape index (κ1) is 22.4. The molecule has 1 N–H and O–H groups in total. The van der Waals surface area contributed by atoms with Crippen molar-refractivity contribution in [2.24, 2.45) is 0 Å². The Morgan fingerprint density at radius 2 is 1.79 bits per heavy atom. The van der Waals surface area contributed by atoms with Crippen LogP contribution in [0.25, 0.3) is 0 Å². The second-order valence-corrected chi connectivity index (χ2v) is 6.56. The molecule has 29 heavy (non-hydrogen) atoms. The number of ether oxygens (including phenoxy) is 2. The topological polar surface area (TPSA) is 67.9 Å². The molecule has 0 aliphatic heterocycles. The molecule has 2 amide bonds. The second-order valence-electron chi connectivity index (χ2n) is 6.56. The van der Waals surface area contributed by atoms with Crippen LogP contribution in [-0.2, 0) is 20.9 Å². The van der Waals surface area contributed by atoms with Crippen molar-refractivity contribution in [2.75, 3.05) is 26.9 Å². The van der Waals surface area contributed by atoms with Gasteiger partial charge in [-0.25, -0.2) is 4.39 Å². The molecule has 0 fully saturated rings. The molecule has 7 heteroatoms. The molecule has 0 saturated carbocycles.